The summed E-state index contributed by atoms with van der Waals surface area (Å²) in [4.78, 5) is 14.7. The van der Waals surface area contributed by atoms with Crippen molar-refractivity contribution in [2.75, 3.05) is 18.4 Å². The van der Waals surface area contributed by atoms with E-state index in [-0.39, 0.29) is 11.2 Å². The van der Waals surface area contributed by atoms with Gasteiger partial charge < -0.3 is 10.2 Å². The van der Waals surface area contributed by atoms with Gasteiger partial charge >= 0.3 is 0 Å². The van der Waals surface area contributed by atoms with Crippen LogP contribution in [0.1, 0.15) is 19.8 Å². The minimum Gasteiger partial charge on any atom is -0.358 e. The summed E-state index contributed by atoms with van der Waals surface area (Å²) < 4.78 is 0.836. The van der Waals surface area contributed by atoms with Gasteiger partial charge in [0.05, 0.1) is 5.25 Å². The molecule has 1 fully saturated rings. The molecule has 1 atom stereocenters. The first kappa shape index (κ1) is 16.3. The second-order valence-corrected chi connectivity index (χ2v) is 7.71. The lowest BCUT2D eigenvalue weighted by molar-refractivity contribution is -0.115. The van der Waals surface area contributed by atoms with Crippen LogP contribution in [0.5, 0.6) is 0 Å². The lowest BCUT2D eigenvalue weighted by Crippen LogP contribution is -2.29. The third kappa shape index (κ3) is 3.85. The van der Waals surface area contributed by atoms with Gasteiger partial charge in [-0.25, -0.2) is 0 Å². The number of benzene rings is 2. The molecule has 0 bridgehead atoms. The predicted molar refractivity (Wildman–Crippen MR) is 103 cm³/mol. The van der Waals surface area contributed by atoms with Crippen LogP contribution in [0.4, 0.5) is 5.69 Å². The molecule has 23 heavy (non-hydrogen) atoms. The Bertz CT molecular complexity index is 721. The van der Waals surface area contributed by atoms with Gasteiger partial charge in [-0.05, 0) is 31.2 Å². The van der Waals surface area contributed by atoms with Crippen molar-refractivity contribution in [3.05, 3.63) is 42.5 Å². The Morgan fingerprint density at radius 2 is 1.87 bits per heavy atom. The number of nitrogens with zero attached hydrogens (tertiary/aromatic N) is 1. The van der Waals surface area contributed by atoms with Crippen molar-refractivity contribution in [3.8, 4) is 0 Å². The summed E-state index contributed by atoms with van der Waals surface area (Å²) in [6.07, 6.45) is 2.38. The number of carbonyl (C=O) groups is 1. The zero-order chi connectivity index (χ0) is 16.2. The molecule has 5 heteroatoms. The fourth-order valence-electron chi connectivity index (χ4n) is 2.75. The largest absolute Gasteiger partial charge is 0.358 e. The normalized spacial score (nSPS) is 15.6. The van der Waals surface area contributed by atoms with E-state index in [0.717, 1.165) is 33.9 Å². The van der Waals surface area contributed by atoms with Crippen LogP contribution in [0.3, 0.4) is 0 Å². The third-order valence-electron chi connectivity index (χ3n) is 4.06. The number of anilines is 1. The molecule has 2 aromatic carbocycles. The maximum atomic E-state index is 12.5. The van der Waals surface area contributed by atoms with E-state index in [1.54, 1.807) is 0 Å². The van der Waals surface area contributed by atoms with E-state index < -0.39 is 0 Å². The molecule has 1 amide bonds. The Balaban J connectivity index is 1.66. The van der Waals surface area contributed by atoms with Crippen LogP contribution in [-0.4, -0.2) is 33.5 Å². The van der Waals surface area contributed by atoms with E-state index in [1.807, 2.05) is 49.4 Å². The highest BCUT2D eigenvalue weighted by Crippen LogP contribution is 2.25. The molecule has 1 unspecified atom stereocenters. The fraction of sp³-hybridized carbons (Fsp3) is 0.333. The SMILES string of the molecule is CC(SC(=S)N1CCCC1)C(=O)Nc1cccc2ccccc12. The van der Waals surface area contributed by atoms with Crippen LogP contribution in [-0.2, 0) is 4.79 Å². The lowest BCUT2D eigenvalue weighted by atomic mass is 10.1. The number of nitrogens with one attached hydrogen (secondary N) is 1. The van der Waals surface area contributed by atoms with Crippen LogP contribution in [0.15, 0.2) is 42.5 Å². The highest BCUT2D eigenvalue weighted by molar-refractivity contribution is 8.23. The summed E-state index contributed by atoms with van der Waals surface area (Å²) in [5, 5.41) is 5.02. The molecule has 1 heterocycles. The highest BCUT2D eigenvalue weighted by atomic mass is 32.2. The Morgan fingerprint density at radius 3 is 2.65 bits per heavy atom. The van der Waals surface area contributed by atoms with Gasteiger partial charge in [0, 0.05) is 24.2 Å². The minimum absolute atomic E-state index is 0.00657. The first-order chi connectivity index (χ1) is 11.1. The summed E-state index contributed by atoms with van der Waals surface area (Å²) in [5.41, 5.74) is 0.854. The van der Waals surface area contributed by atoms with Crippen molar-refractivity contribution in [2.24, 2.45) is 0 Å². The Labute approximate surface area is 146 Å². The number of carbonyl (C=O) groups excluding carboxylic acids is 1. The first-order valence-corrected chi connectivity index (χ1v) is 9.18. The summed E-state index contributed by atoms with van der Waals surface area (Å²) in [7, 11) is 0. The summed E-state index contributed by atoms with van der Waals surface area (Å²) in [6.45, 7) is 3.94. The number of thioether (sulfide) groups is 1. The zero-order valence-electron chi connectivity index (χ0n) is 13.1. The Hall–Kier alpha value is -1.59. The van der Waals surface area contributed by atoms with Gasteiger partial charge in [-0.3, -0.25) is 4.79 Å². The van der Waals surface area contributed by atoms with Gasteiger partial charge in [-0.15, -0.1) is 0 Å². The molecule has 1 N–H and O–H groups in total. The number of rotatable bonds is 3. The number of hydrogen-bond donors (Lipinski definition) is 1. The van der Waals surface area contributed by atoms with Crippen molar-refractivity contribution in [1.82, 2.24) is 4.90 Å². The molecular formula is C18H20N2OS2. The molecule has 0 spiro atoms. The second kappa shape index (κ2) is 7.32. The van der Waals surface area contributed by atoms with Crippen molar-refractivity contribution in [2.45, 2.75) is 25.0 Å². The van der Waals surface area contributed by atoms with Crippen molar-refractivity contribution in [1.29, 1.82) is 0 Å². The van der Waals surface area contributed by atoms with E-state index in [9.17, 15) is 4.79 Å². The van der Waals surface area contributed by atoms with Gasteiger partial charge in [0.25, 0.3) is 0 Å². The smallest absolute Gasteiger partial charge is 0.237 e. The van der Waals surface area contributed by atoms with Crippen LogP contribution < -0.4 is 5.32 Å². The molecule has 0 saturated carbocycles. The van der Waals surface area contributed by atoms with Gasteiger partial charge in [0.15, 0.2) is 0 Å². The van der Waals surface area contributed by atoms with E-state index in [0.29, 0.717) is 0 Å². The standard InChI is InChI=1S/C18H20N2OS2/c1-13(23-18(22)20-11-4-5-12-20)17(21)19-16-10-6-8-14-7-2-3-9-15(14)16/h2-3,6-10,13H,4-5,11-12H2,1H3,(H,19,21). The lowest BCUT2D eigenvalue weighted by Gasteiger charge is -2.20. The summed E-state index contributed by atoms with van der Waals surface area (Å²) >= 11 is 6.93. The van der Waals surface area contributed by atoms with E-state index in [4.69, 9.17) is 12.2 Å². The average Bonchev–Trinajstić information content (AvgIpc) is 3.09. The van der Waals surface area contributed by atoms with E-state index >= 15 is 0 Å². The fourth-order valence-corrected chi connectivity index (χ4v) is 4.16. The van der Waals surface area contributed by atoms with Crippen molar-refractivity contribution in [3.63, 3.8) is 0 Å². The molecule has 3 nitrogen and oxygen atoms in total. The number of thiocarbonyl (C=S) groups is 1. The molecule has 0 radical (unpaired) electrons. The zero-order valence-corrected chi connectivity index (χ0v) is 14.8. The molecule has 3 rings (SSSR count). The summed E-state index contributed by atoms with van der Waals surface area (Å²) in [6, 6.07) is 14.0. The van der Waals surface area contributed by atoms with Crippen LogP contribution in [0.2, 0.25) is 0 Å². The van der Waals surface area contributed by atoms with Crippen LogP contribution >= 0.6 is 24.0 Å². The molecule has 1 aliphatic rings. The third-order valence-corrected chi connectivity index (χ3v) is 5.63. The minimum atomic E-state index is -0.206. The predicted octanol–water partition coefficient (Wildman–Crippen LogP) is 4.28. The van der Waals surface area contributed by atoms with E-state index in [1.165, 1.54) is 24.6 Å². The first-order valence-electron chi connectivity index (χ1n) is 7.89. The monoisotopic (exact) mass is 344 g/mol. The Kier molecular flexibility index (Phi) is 5.18. The van der Waals surface area contributed by atoms with Gasteiger partial charge in [-0.2, -0.15) is 0 Å². The molecule has 0 aromatic heterocycles. The average molecular weight is 345 g/mol. The Morgan fingerprint density at radius 1 is 1.17 bits per heavy atom. The number of hydrogen-bond acceptors (Lipinski definition) is 3. The summed E-state index contributed by atoms with van der Waals surface area (Å²) in [5.74, 6) is -0.00657. The second-order valence-electron chi connectivity index (χ2n) is 5.74. The molecule has 1 saturated heterocycles. The number of amides is 1. The topological polar surface area (TPSA) is 32.3 Å². The van der Waals surface area contributed by atoms with Crippen molar-refractivity contribution >= 4 is 50.7 Å². The molecule has 0 aliphatic carbocycles. The van der Waals surface area contributed by atoms with Gasteiger partial charge in [-0.1, -0.05) is 60.4 Å². The molecular weight excluding hydrogens is 324 g/mol. The van der Waals surface area contributed by atoms with Crippen LogP contribution in [0, 0.1) is 0 Å². The van der Waals surface area contributed by atoms with Gasteiger partial charge in [0.1, 0.15) is 4.32 Å². The molecule has 2 aromatic rings. The van der Waals surface area contributed by atoms with Gasteiger partial charge in [0.2, 0.25) is 5.91 Å². The molecule has 1 aliphatic heterocycles. The van der Waals surface area contributed by atoms with E-state index in [2.05, 4.69) is 10.2 Å². The maximum Gasteiger partial charge on any atom is 0.237 e. The maximum absolute atomic E-state index is 12.5. The highest BCUT2D eigenvalue weighted by Gasteiger charge is 2.21. The molecule has 120 valence electrons. The number of fused-ring (bicyclic) bond motifs is 1. The quantitative estimate of drug-likeness (QED) is 0.842. The number of likely N-dealkylation sites (tertiary alicyclic amines) is 1. The van der Waals surface area contributed by atoms with Crippen LogP contribution in [0.25, 0.3) is 10.8 Å². The van der Waals surface area contributed by atoms with Crippen molar-refractivity contribution < 1.29 is 4.79 Å².